The SMILES string of the molecule is Cc1cc2c(C(C)C(=O)O)c3oc(C)cc3c(O)c2o1. The molecule has 3 aromatic rings. The fourth-order valence-electron chi connectivity index (χ4n) is 2.58. The summed E-state index contributed by atoms with van der Waals surface area (Å²) in [5.41, 5.74) is 1.24. The molecule has 2 aromatic heterocycles. The van der Waals surface area contributed by atoms with Crippen molar-refractivity contribution >= 4 is 27.9 Å². The minimum atomic E-state index is -0.953. The number of furan rings is 2. The summed E-state index contributed by atoms with van der Waals surface area (Å²) < 4.78 is 11.1. The van der Waals surface area contributed by atoms with Crippen LogP contribution in [0.15, 0.2) is 21.0 Å². The normalized spacial score (nSPS) is 13.2. The summed E-state index contributed by atoms with van der Waals surface area (Å²) >= 11 is 0. The molecule has 0 aliphatic rings. The van der Waals surface area contributed by atoms with Crippen LogP contribution in [0.3, 0.4) is 0 Å². The van der Waals surface area contributed by atoms with Crippen molar-refractivity contribution in [3.8, 4) is 5.75 Å². The first kappa shape index (κ1) is 12.6. The molecule has 0 aliphatic carbocycles. The molecule has 0 saturated carbocycles. The predicted molar refractivity (Wildman–Crippen MR) is 73.2 cm³/mol. The van der Waals surface area contributed by atoms with Crippen LogP contribution in [0.1, 0.15) is 29.9 Å². The van der Waals surface area contributed by atoms with Crippen LogP contribution >= 0.6 is 0 Å². The Kier molecular flexibility index (Phi) is 2.54. The van der Waals surface area contributed by atoms with Gasteiger partial charge in [0.15, 0.2) is 11.3 Å². The van der Waals surface area contributed by atoms with Crippen LogP contribution in [0.25, 0.3) is 21.9 Å². The number of aryl methyl sites for hydroxylation is 2. The van der Waals surface area contributed by atoms with Gasteiger partial charge in [-0.25, -0.2) is 0 Å². The maximum atomic E-state index is 11.4. The minimum Gasteiger partial charge on any atom is -0.504 e. The fraction of sp³-hybridized carbons (Fsp3) is 0.267. The number of phenolic OH excluding ortho intramolecular Hbond substituents is 1. The van der Waals surface area contributed by atoms with Gasteiger partial charge in [-0.2, -0.15) is 0 Å². The largest absolute Gasteiger partial charge is 0.504 e. The van der Waals surface area contributed by atoms with Gasteiger partial charge in [-0.15, -0.1) is 0 Å². The third-order valence-corrected chi connectivity index (χ3v) is 3.52. The zero-order valence-electron chi connectivity index (χ0n) is 11.4. The number of phenols is 1. The molecule has 1 atom stereocenters. The van der Waals surface area contributed by atoms with Gasteiger partial charge in [0.2, 0.25) is 0 Å². The van der Waals surface area contributed by atoms with E-state index >= 15 is 0 Å². The molecule has 0 aliphatic heterocycles. The van der Waals surface area contributed by atoms with Crippen molar-refractivity contribution in [3.63, 3.8) is 0 Å². The van der Waals surface area contributed by atoms with E-state index in [0.717, 1.165) is 0 Å². The monoisotopic (exact) mass is 274 g/mol. The van der Waals surface area contributed by atoms with Gasteiger partial charge in [-0.05, 0) is 32.9 Å². The van der Waals surface area contributed by atoms with Crippen LogP contribution in [0, 0.1) is 13.8 Å². The number of benzene rings is 1. The number of fused-ring (bicyclic) bond motifs is 2. The molecule has 5 nitrogen and oxygen atoms in total. The molecule has 20 heavy (non-hydrogen) atoms. The first-order valence-electron chi connectivity index (χ1n) is 6.28. The fourth-order valence-corrected chi connectivity index (χ4v) is 2.58. The maximum Gasteiger partial charge on any atom is 0.310 e. The topological polar surface area (TPSA) is 83.8 Å². The van der Waals surface area contributed by atoms with Gasteiger partial charge in [-0.1, -0.05) is 0 Å². The van der Waals surface area contributed by atoms with Crippen LogP contribution in [-0.2, 0) is 4.79 Å². The lowest BCUT2D eigenvalue weighted by Gasteiger charge is -2.09. The molecule has 5 heteroatoms. The summed E-state index contributed by atoms with van der Waals surface area (Å²) in [6.07, 6.45) is 0. The molecule has 2 N–H and O–H groups in total. The first-order valence-corrected chi connectivity index (χ1v) is 6.28. The molecule has 0 saturated heterocycles. The van der Waals surface area contributed by atoms with Gasteiger partial charge in [0.25, 0.3) is 0 Å². The van der Waals surface area contributed by atoms with E-state index in [9.17, 15) is 15.0 Å². The Balaban J connectivity index is 2.54. The second kappa shape index (κ2) is 4.03. The number of rotatable bonds is 2. The first-order chi connectivity index (χ1) is 9.40. The Hall–Kier alpha value is -2.43. The van der Waals surface area contributed by atoms with Gasteiger partial charge in [0.05, 0.1) is 11.3 Å². The summed E-state index contributed by atoms with van der Waals surface area (Å²) in [6.45, 7) is 5.09. The summed E-state index contributed by atoms with van der Waals surface area (Å²) in [5, 5.41) is 20.6. The Bertz CT molecular complexity index is 779. The lowest BCUT2D eigenvalue weighted by Crippen LogP contribution is -2.08. The molecular formula is C15H14O5. The number of hydrogen-bond acceptors (Lipinski definition) is 4. The Morgan fingerprint density at radius 1 is 1.10 bits per heavy atom. The third-order valence-electron chi connectivity index (χ3n) is 3.52. The number of carbonyl (C=O) groups is 1. The highest BCUT2D eigenvalue weighted by Gasteiger charge is 2.26. The van der Waals surface area contributed by atoms with Gasteiger partial charge in [-0.3, -0.25) is 4.79 Å². The average Bonchev–Trinajstić information content (AvgIpc) is 2.92. The number of aliphatic carboxylic acids is 1. The lowest BCUT2D eigenvalue weighted by atomic mass is 9.95. The van der Waals surface area contributed by atoms with Gasteiger partial charge in [0, 0.05) is 10.9 Å². The van der Waals surface area contributed by atoms with Crippen LogP contribution < -0.4 is 0 Å². The van der Waals surface area contributed by atoms with Gasteiger partial charge in [0.1, 0.15) is 17.1 Å². The highest BCUT2D eigenvalue weighted by Crippen LogP contribution is 2.43. The molecule has 1 aromatic carbocycles. The minimum absolute atomic E-state index is 0.0127. The van der Waals surface area contributed by atoms with E-state index < -0.39 is 11.9 Å². The van der Waals surface area contributed by atoms with E-state index in [4.69, 9.17) is 8.83 Å². The molecule has 0 spiro atoms. The zero-order valence-corrected chi connectivity index (χ0v) is 11.4. The Morgan fingerprint density at radius 3 is 2.25 bits per heavy atom. The molecule has 3 rings (SSSR count). The van der Waals surface area contributed by atoms with E-state index in [0.29, 0.717) is 39.0 Å². The van der Waals surface area contributed by atoms with E-state index in [1.54, 1.807) is 32.9 Å². The van der Waals surface area contributed by atoms with Crippen LogP contribution in [0.4, 0.5) is 0 Å². The number of hydrogen-bond donors (Lipinski definition) is 2. The molecule has 0 bridgehead atoms. The molecule has 2 heterocycles. The van der Waals surface area contributed by atoms with E-state index in [1.807, 2.05) is 0 Å². The Morgan fingerprint density at radius 2 is 1.65 bits per heavy atom. The lowest BCUT2D eigenvalue weighted by molar-refractivity contribution is -0.138. The molecule has 0 amide bonds. The summed E-state index contributed by atoms with van der Waals surface area (Å²) in [6, 6.07) is 3.40. The quantitative estimate of drug-likeness (QED) is 0.744. The third kappa shape index (κ3) is 1.59. The van der Waals surface area contributed by atoms with E-state index in [-0.39, 0.29) is 5.75 Å². The molecular weight excluding hydrogens is 260 g/mol. The number of carboxylic acids is 1. The second-order valence-electron chi connectivity index (χ2n) is 5.02. The van der Waals surface area contributed by atoms with Crippen LogP contribution in [0.5, 0.6) is 5.75 Å². The predicted octanol–water partition coefficient (Wildman–Crippen LogP) is 3.69. The maximum absolute atomic E-state index is 11.4. The highest BCUT2D eigenvalue weighted by molar-refractivity contribution is 6.06. The summed E-state index contributed by atoms with van der Waals surface area (Å²) in [7, 11) is 0. The van der Waals surface area contributed by atoms with Crippen molar-refractivity contribution in [3.05, 3.63) is 29.2 Å². The van der Waals surface area contributed by atoms with Crippen LogP contribution in [-0.4, -0.2) is 16.2 Å². The number of carboxylic acid groups (broad SMARTS) is 1. The van der Waals surface area contributed by atoms with Crippen molar-refractivity contribution < 1.29 is 23.8 Å². The average molecular weight is 274 g/mol. The van der Waals surface area contributed by atoms with Crippen molar-refractivity contribution in [2.45, 2.75) is 26.7 Å². The van der Waals surface area contributed by atoms with Gasteiger partial charge >= 0.3 is 5.97 Å². The molecule has 104 valence electrons. The van der Waals surface area contributed by atoms with Crippen molar-refractivity contribution in [2.75, 3.05) is 0 Å². The van der Waals surface area contributed by atoms with Crippen molar-refractivity contribution in [1.82, 2.24) is 0 Å². The Labute approximate surface area is 114 Å². The summed E-state index contributed by atoms with van der Waals surface area (Å²) in [4.78, 5) is 11.4. The van der Waals surface area contributed by atoms with Crippen LogP contribution in [0.2, 0.25) is 0 Å². The van der Waals surface area contributed by atoms with Gasteiger partial charge < -0.3 is 19.0 Å². The summed E-state index contributed by atoms with van der Waals surface area (Å²) in [5.74, 6) is -0.507. The molecule has 0 radical (unpaired) electrons. The molecule has 0 fully saturated rings. The van der Waals surface area contributed by atoms with Crippen molar-refractivity contribution in [2.24, 2.45) is 0 Å². The second-order valence-corrected chi connectivity index (χ2v) is 5.02. The molecule has 1 unspecified atom stereocenters. The van der Waals surface area contributed by atoms with E-state index in [2.05, 4.69) is 0 Å². The van der Waals surface area contributed by atoms with E-state index in [1.165, 1.54) is 0 Å². The smallest absolute Gasteiger partial charge is 0.310 e. The standard InChI is InChI=1S/C15H14O5/c1-6-4-9-11(8(3)15(17)18)13-10(5-7(2)19-13)12(16)14(9)20-6/h4-5,8,16H,1-3H3,(H,17,18). The van der Waals surface area contributed by atoms with Crippen molar-refractivity contribution in [1.29, 1.82) is 0 Å². The number of aromatic hydroxyl groups is 1. The zero-order chi connectivity index (χ0) is 14.6. The highest BCUT2D eigenvalue weighted by atomic mass is 16.4.